The molecule has 1 N–H and O–H groups in total. The summed E-state index contributed by atoms with van der Waals surface area (Å²) >= 11 is 13.4. The molecule has 3 rings (SSSR count). The van der Waals surface area contributed by atoms with E-state index in [1.807, 2.05) is 24.3 Å². The Morgan fingerprint density at radius 1 is 1.18 bits per heavy atom. The average Bonchev–Trinajstić information content (AvgIpc) is 2.89. The Bertz CT molecular complexity index is 799. The lowest BCUT2D eigenvalue weighted by molar-refractivity contribution is 0.102. The Kier molecular flexibility index (Phi) is 4.71. The Labute approximate surface area is 142 Å². The Hall–Kier alpha value is -1.49. The van der Waals surface area contributed by atoms with Gasteiger partial charge in [0.05, 0.1) is 27.6 Å². The molecule has 0 unspecified atom stereocenters. The molecule has 2 aromatic carbocycles. The van der Waals surface area contributed by atoms with Crippen molar-refractivity contribution in [3.63, 3.8) is 0 Å². The van der Waals surface area contributed by atoms with Crippen LogP contribution >= 0.6 is 35.0 Å². The zero-order valence-corrected chi connectivity index (χ0v) is 13.8. The van der Waals surface area contributed by atoms with Crippen LogP contribution in [0.4, 0.5) is 0 Å². The number of nitrogens with zero attached hydrogens (tertiary/aromatic N) is 1. The molecule has 0 saturated heterocycles. The number of para-hydroxylation sites is 2. The molecule has 0 saturated carbocycles. The van der Waals surface area contributed by atoms with E-state index in [-0.39, 0.29) is 5.78 Å². The quantitative estimate of drug-likeness (QED) is 0.659. The maximum atomic E-state index is 12.2. The predicted octanol–water partition coefficient (Wildman–Crippen LogP) is 4.99. The number of aromatic nitrogens is 2. The predicted molar refractivity (Wildman–Crippen MR) is 93.0 cm³/mol. The van der Waals surface area contributed by atoms with E-state index >= 15 is 0 Å². The lowest BCUT2D eigenvalue weighted by Crippen LogP contribution is -2.03. The standard InChI is InChI=1S/C16H12Cl2N2OS/c17-10-5-6-11(12(18)7-10)15(21)8-22-9-16-19-13-3-1-2-4-14(13)20-16/h1-7H,8-9H2,(H,19,20). The lowest BCUT2D eigenvalue weighted by Gasteiger charge is -2.03. The molecule has 0 radical (unpaired) electrons. The number of benzene rings is 2. The second-order valence-corrected chi connectivity index (χ2v) is 6.57. The highest BCUT2D eigenvalue weighted by Crippen LogP contribution is 2.23. The van der Waals surface area contributed by atoms with E-state index in [1.165, 1.54) is 11.8 Å². The van der Waals surface area contributed by atoms with E-state index in [2.05, 4.69) is 9.97 Å². The topological polar surface area (TPSA) is 45.8 Å². The molecule has 0 spiro atoms. The first-order valence-corrected chi connectivity index (χ1v) is 8.54. The molecule has 0 bridgehead atoms. The first kappa shape index (κ1) is 15.4. The van der Waals surface area contributed by atoms with Gasteiger partial charge in [0, 0.05) is 10.6 Å². The van der Waals surface area contributed by atoms with Crippen LogP contribution in [0.2, 0.25) is 10.0 Å². The Morgan fingerprint density at radius 3 is 2.77 bits per heavy atom. The van der Waals surface area contributed by atoms with E-state index in [0.29, 0.717) is 27.1 Å². The Balaban J connectivity index is 1.61. The number of hydrogen-bond donors (Lipinski definition) is 1. The SMILES string of the molecule is O=C(CSCc1nc2ccccc2[nH]1)c1ccc(Cl)cc1Cl. The number of H-pyrrole nitrogens is 1. The van der Waals surface area contributed by atoms with Crippen LogP contribution in [0.5, 0.6) is 0 Å². The molecule has 22 heavy (non-hydrogen) atoms. The van der Waals surface area contributed by atoms with E-state index < -0.39 is 0 Å². The minimum atomic E-state index is -0.0113. The van der Waals surface area contributed by atoms with E-state index in [9.17, 15) is 4.79 Å². The Morgan fingerprint density at radius 2 is 2.00 bits per heavy atom. The molecule has 0 aliphatic carbocycles. The molecule has 3 aromatic rings. The van der Waals surface area contributed by atoms with Crippen LogP contribution in [0.25, 0.3) is 11.0 Å². The van der Waals surface area contributed by atoms with E-state index in [1.54, 1.807) is 18.2 Å². The van der Waals surface area contributed by atoms with Gasteiger partial charge in [-0.3, -0.25) is 4.79 Å². The number of Topliss-reactive ketones (excluding diaryl/α,β-unsaturated/α-hetero) is 1. The fourth-order valence-corrected chi connectivity index (χ4v) is 3.39. The first-order valence-electron chi connectivity index (χ1n) is 6.63. The van der Waals surface area contributed by atoms with Crippen LogP contribution in [-0.2, 0) is 5.75 Å². The van der Waals surface area contributed by atoms with Gasteiger partial charge in [-0.1, -0.05) is 35.3 Å². The van der Waals surface area contributed by atoms with Crippen molar-refractivity contribution in [1.29, 1.82) is 0 Å². The number of carbonyl (C=O) groups excluding carboxylic acids is 1. The molecule has 1 aromatic heterocycles. The van der Waals surface area contributed by atoms with Crippen molar-refractivity contribution in [3.8, 4) is 0 Å². The highest BCUT2D eigenvalue weighted by molar-refractivity contribution is 7.99. The van der Waals surface area contributed by atoms with Crippen molar-refractivity contribution in [2.45, 2.75) is 5.75 Å². The van der Waals surface area contributed by atoms with Crippen LogP contribution in [0, 0.1) is 0 Å². The van der Waals surface area contributed by atoms with Crippen molar-refractivity contribution < 1.29 is 4.79 Å². The second kappa shape index (κ2) is 6.73. The third-order valence-corrected chi connectivity index (χ3v) is 4.63. The van der Waals surface area contributed by atoms with Crippen LogP contribution in [-0.4, -0.2) is 21.5 Å². The summed E-state index contributed by atoms with van der Waals surface area (Å²) < 4.78 is 0. The largest absolute Gasteiger partial charge is 0.341 e. The summed E-state index contributed by atoms with van der Waals surface area (Å²) in [5, 5.41) is 0.915. The van der Waals surface area contributed by atoms with Gasteiger partial charge in [-0.15, -0.1) is 11.8 Å². The number of carbonyl (C=O) groups is 1. The van der Waals surface area contributed by atoms with Crippen molar-refractivity contribution in [1.82, 2.24) is 9.97 Å². The van der Waals surface area contributed by atoms with Gasteiger partial charge >= 0.3 is 0 Å². The smallest absolute Gasteiger partial charge is 0.174 e. The van der Waals surface area contributed by atoms with Crippen molar-refractivity contribution >= 4 is 51.8 Å². The van der Waals surface area contributed by atoms with Crippen LogP contribution in [0.3, 0.4) is 0 Å². The van der Waals surface area contributed by atoms with Gasteiger partial charge in [0.1, 0.15) is 5.82 Å². The highest BCUT2D eigenvalue weighted by Gasteiger charge is 2.11. The zero-order chi connectivity index (χ0) is 15.5. The number of imidazole rings is 1. The molecule has 1 heterocycles. The lowest BCUT2D eigenvalue weighted by atomic mass is 10.1. The maximum Gasteiger partial charge on any atom is 0.174 e. The third kappa shape index (κ3) is 3.46. The van der Waals surface area contributed by atoms with Crippen LogP contribution in [0.1, 0.15) is 16.2 Å². The molecule has 3 nitrogen and oxygen atoms in total. The van der Waals surface area contributed by atoms with Crippen molar-refractivity contribution in [2.24, 2.45) is 0 Å². The second-order valence-electron chi connectivity index (χ2n) is 4.74. The number of fused-ring (bicyclic) bond motifs is 1. The van der Waals surface area contributed by atoms with E-state index in [4.69, 9.17) is 23.2 Å². The van der Waals surface area contributed by atoms with Crippen molar-refractivity contribution in [2.75, 3.05) is 5.75 Å². The molecule has 0 aliphatic heterocycles. The molecular weight excluding hydrogens is 339 g/mol. The molecular formula is C16H12Cl2N2OS. The fourth-order valence-electron chi connectivity index (χ4n) is 2.11. The molecule has 6 heteroatoms. The first-order chi connectivity index (χ1) is 10.6. The molecule has 0 atom stereocenters. The van der Waals surface area contributed by atoms with Crippen molar-refractivity contribution in [3.05, 3.63) is 63.9 Å². The van der Waals surface area contributed by atoms with Gasteiger partial charge in [-0.05, 0) is 30.3 Å². The van der Waals surface area contributed by atoms with Crippen LogP contribution in [0.15, 0.2) is 42.5 Å². The molecule has 0 aliphatic rings. The summed E-state index contributed by atoms with van der Waals surface area (Å²) in [6, 6.07) is 12.8. The maximum absolute atomic E-state index is 12.2. The number of halogens is 2. The van der Waals surface area contributed by atoms with Gasteiger partial charge in [-0.25, -0.2) is 4.98 Å². The monoisotopic (exact) mass is 350 g/mol. The summed E-state index contributed by atoms with van der Waals surface area (Å²) in [6.45, 7) is 0. The number of hydrogen-bond acceptors (Lipinski definition) is 3. The number of rotatable bonds is 5. The number of thioether (sulfide) groups is 1. The van der Waals surface area contributed by atoms with Gasteiger partial charge < -0.3 is 4.98 Å². The molecule has 112 valence electrons. The van der Waals surface area contributed by atoms with Crippen LogP contribution < -0.4 is 0 Å². The third-order valence-electron chi connectivity index (χ3n) is 3.14. The van der Waals surface area contributed by atoms with Gasteiger partial charge in [0.25, 0.3) is 0 Å². The minimum Gasteiger partial charge on any atom is -0.341 e. The minimum absolute atomic E-state index is 0.0113. The fraction of sp³-hybridized carbons (Fsp3) is 0.125. The summed E-state index contributed by atoms with van der Waals surface area (Å²) in [5.41, 5.74) is 2.44. The van der Waals surface area contributed by atoms with E-state index in [0.717, 1.165) is 16.9 Å². The average molecular weight is 351 g/mol. The number of nitrogens with one attached hydrogen (secondary N) is 1. The molecule has 0 fully saturated rings. The summed E-state index contributed by atoms with van der Waals surface area (Å²) in [5.74, 6) is 1.84. The zero-order valence-electron chi connectivity index (χ0n) is 11.5. The summed E-state index contributed by atoms with van der Waals surface area (Å²) in [7, 11) is 0. The van der Waals surface area contributed by atoms with Gasteiger partial charge in [0.2, 0.25) is 0 Å². The molecule has 0 amide bonds. The number of ketones is 1. The summed E-state index contributed by atoms with van der Waals surface area (Å²) in [6.07, 6.45) is 0. The highest BCUT2D eigenvalue weighted by atomic mass is 35.5. The van der Waals surface area contributed by atoms with Gasteiger partial charge in [0.15, 0.2) is 5.78 Å². The summed E-state index contributed by atoms with van der Waals surface area (Å²) in [4.78, 5) is 19.9. The normalized spacial score (nSPS) is 11.0. The van der Waals surface area contributed by atoms with Gasteiger partial charge in [-0.2, -0.15) is 0 Å². The number of aromatic amines is 1.